The van der Waals surface area contributed by atoms with E-state index in [9.17, 15) is 22.4 Å². The molecule has 0 amide bonds. The fourth-order valence-corrected chi connectivity index (χ4v) is 3.46. The van der Waals surface area contributed by atoms with E-state index >= 15 is 0 Å². The second kappa shape index (κ2) is 6.94. The zero-order valence-corrected chi connectivity index (χ0v) is 15.2. The minimum atomic E-state index is -4.37. The maximum absolute atomic E-state index is 14.1. The fraction of sp³-hybridized carbons (Fsp3) is 0.263. The highest BCUT2D eigenvalue weighted by Crippen LogP contribution is 2.32. The Bertz CT molecular complexity index is 1260. The molecule has 0 aliphatic carbocycles. The summed E-state index contributed by atoms with van der Waals surface area (Å²) in [7, 11) is 0. The lowest BCUT2D eigenvalue weighted by Crippen LogP contribution is -2.17. The zero-order chi connectivity index (χ0) is 20.8. The lowest BCUT2D eigenvalue weighted by atomic mass is 10.1. The number of hydrogen-bond acceptors (Lipinski definition) is 4. The molecular weight excluding hydrogens is 390 g/mol. The van der Waals surface area contributed by atoms with Crippen molar-refractivity contribution >= 4 is 22.2 Å². The zero-order valence-electron chi connectivity index (χ0n) is 15.2. The Balaban J connectivity index is 1.89. The van der Waals surface area contributed by atoms with Gasteiger partial charge in [0.1, 0.15) is 11.6 Å². The molecule has 29 heavy (non-hydrogen) atoms. The normalized spacial score (nSPS) is 13.3. The van der Waals surface area contributed by atoms with Gasteiger partial charge in [-0.1, -0.05) is 19.1 Å². The van der Waals surface area contributed by atoms with Crippen LogP contribution in [0.1, 0.15) is 30.7 Å². The third kappa shape index (κ3) is 3.69. The number of nitrogens with zero attached hydrogens (tertiary/aromatic N) is 4. The van der Waals surface area contributed by atoms with Gasteiger partial charge in [0.15, 0.2) is 11.3 Å². The Morgan fingerprint density at radius 3 is 2.72 bits per heavy atom. The molecule has 1 N–H and O–H groups in total. The average molecular weight is 405 g/mol. The second-order valence-corrected chi connectivity index (χ2v) is 6.80. The van der Waals surface area contributed by atoms with Crippen molar-refractivity contribution < 1.29 is 17.6 Å². The molecule has 10 heteroatoms. The van der Waals surface area contributed by atoms with E-state index in [1.165, 1.54) is 42.1 Å². The number of imidazole rings is 1. The first kappa shape index (κ1) is 19.0. The summed E-state index contributed by atoms with van der Waals surface area (Å²) in [5.74, 6) is -1.41. The van der Waals surface area contributed by atoms with E-state index in [1.54, 1.807) is 6.07 Å². The van der Waals surface area contributed by atoms with Crippen LogP contribution in [0.4, 0.5) is 17.6 Å². The van der Waals surface area contributed by atoms with Crippen molar-refractivity contribution in [2.24, 2.45) is 0 Å². The lowest BCUT2D eigenvalue weighted by molar-refractivity contribution is -0.138. The molecule has 0 aliphatic rings. The molecule has 3 aromatic heterocycles. The Hall–Kier alpha value is -3.30. The van der Waals surface area contributed by atoms with Crippen molar-refractivity contribution in [3.63, 3.8) is 0 Å². The molecule has 1 atom stereocenters. The van der Waals surface area contributed by atoms with E-state index in [2.05, 4.69) is 19.9 Å². The van der Waals surface area contributed by atoms with Crippen LogP contribution in [0.5, 0.6) is 0 Å². The molecule has 0 spiro atoms. The number of fused-ring (bicyclic) bond motifs is 2. The molecule has 6 nitrogen and oxygen atoms in total. The van der Waals surface area contributed by atoms with E-state index in [0.29, 0.717) is 16.6 Å². The van der Waals surface area contributed by atoms with Crippen LogP contribution in [0, 0.1) is 5.82 Å². The van der Waals surface area contributed by atoms with E-state index in [4.69, 9.17) is 0 Å². The summed E-state index contributed by atoms with van der Waals surface area (Å²) in [6.45, 7) is 1.41. The summed E-state index contributed by atoms with van der Waals surface area (Å²) in [4.78, 5) is 27.0. The predicted molar refractivity (Wildman–Crippen MR) is 98.0 cm³/mol. The van der Waals surface area contributed by atoms with Crippen LogP contribution >= 0.6 is 0 Å². The van der Waals surface area contributed by atoms with E-state index in [1.807, 2.05) is 0 Å². The summed E-state index contributed by atoms with van der Waals surface area (Å²) in [5, 5.41) is 0.449. The van der Waals surface area contributed by atoms with Gasteiger partial charge < -0.3 is 9.55 Å². The SMILES string of the molecule is CC(CC(F)(F)F)c1nc2nccnc2n1Cc1cc(=O)[nH]c2c(F)cccc12. The van der Waals surface area contributed by atoms with E-state index < -0.39 is 29.9 Å². The molecule has 4 aromatic rings. The summed E-state index contributed by atoms with van der Waals surface area (Å²) in [6.07, 6.45) is -2.63. The Kier molecular flexibility index (Phi) is 4.56. The number of aromatic amines is 1. The van der Waals surface area contributed by atoms with Crippen LogP contribution in [-0.4, -0.2) is 30.7 Å². The summed E-state index contributed by atoms with van der Waals surface area (Å²) < 4.78 is 54.5. The first-order valence-corrected chi connectivity index (χ1v) is 8.77. The Morgan fingerprint density at radius 2 is 1.97 bits per heavy atom. The number of rotatable bonds is 4. The Labute approximate surface area is 161 Å². The molecule has 3 heterocycles. The van der Waals surface area contributed by atoms with Gasteiger partial charge in [0, 0.05) is 29.8 Å². The highest BCUT2D eigenvalue weighted by atomic mass is 19.4. The third-order valence-corrected chi connectivity index (χ3v) is 4.63. The Morgan fingerprint density at radius 1 is 1.21 bits per heavy atom. The number of benzene rings is 1. The summed E-state index contributed by atoms with van der Waals surface area (Å²) in [6, 6.07) is 5.64. The quantitative estimate of drug-likeness (QED) is 0.523. The third-order valence-electron chi connectivity index (χ3n) is 4.63. The number of nitrogens with one attached hydrogen (secondary N) is 1. The van der Waals surface area contributed by atoms with Gasteiger partial charge >= 0.3 is 6.18 Å². The molecule has 0 aliphatic heterocycles. The topological polar surface area (TPSA) is 76.5 Å². The number of H-pyrrole nitrogens is 1. The number of pyridine rings is 1. The van der Waals surface area contributed by atoms with Crippen LogP contribution in [0.2, 0.25) is 0 Å². The minimum Gasteiger partial charge on any atom is -0.319 e. The average Bonchev–Trinajstić information content (AvgIpc) is 3.00. The van der Waals surface area contributed by atoms with Crippen molar-refractivity contribution in [1.29, 1.82) is 0 Å². The van der Waals surface area contributed by atoms with Crippen LogP contribution in [0.3, 0.4) is 0 Å². The number of aromatic nitrogens is 5. The molecule has 0 fully saturated rings. The molecule has 0 saturated carbocycles. The van der Waals surface area contributed by atoms with Crippen molar-refractivity contribution in [2.45, 2.75) is 32.0 Å². The number of halogens is 4. The van der Waals surface area contributed by atoms with Gasteiger partial charge in [0.05, 0.1) is 18.5 Å². The van der Waals surface area contributed by atoms with Gasteiger partial charge in [-0.3, -0.25) is 4.79 Å². The van der Waals surface area contributed by atoms with Gasteiger partial charge in [-0.2, -0.15) is 13.2 Å². The maximum Gasteiger partial charge on any atom is 0.389 e. The lowest BCUT2D eigenvalue weighted by Gasteiger charge is -2.16. The number of hydrogen-bond donors (Lipinski definition) is 1. The van der Waals surface area contributed by atoms with Crippen molar-refractivity contribution in [2.75, 3.05) is 0 Å². The monoisotopic (exact) mass is 405 g/mol. The highest BCUT2D eigenvalue weighted by molar-refractivity contribution is 5.82. The molecule has 0 radical (unpaired) electrons. The molecular formula is C19H15F4N5O. The predicted octanol–water partition coefficient (Wildman–Crippen LogP) is 3.91. The van der Waals surface area contributed by atoms with Crippen LogP contribution < -0.4 is 5.56 Å². The van der Waals surface area contributed by atoms with Gasteiger partial charge in [-0.25, -0.2) is 19.3 Å². The smallest absolute Gasteiger partial charge is 0.319 e. The number of para-hydroxylation sites is 1. The largest absolute Gasteiger partial charge is 0.389 e. The van der Waals surface area contributed by atoms with Crippen molar-refractivity contribution in [3.8, 4) is 0 Å². The van der Waals surface area contributed by atoms with Gasteiger partial charge in [-0.15, -0.1) is 0 Å². The summed E-state index contributed by atoms with van der Waals surface area (Å²) in [5.41, 5.74) is 0.459. The van der Waals surface area contributed by atoms with Gasteiger partial charge in [0.2, 0.25) is 5.56 Å². The van der Waals surface area contributed by atoms with E-state index in [0.717, 1.165) is 0 Å². The molecule has 0 bridgehead atoms. The van der Waals surface area contributed by atoms with Crippen LogP contribution in [-0.2, 0) is 6.54 Å². The van der Waals surface area contributed by atoms with E-state index in [-0.39, 0.29) is 23.5 Å². The summed E-state index contributed by atoms with van der Waals surface area (Å²) >= 11 is 0. The molecule has 4 rings (SSSR count). The highest BCUT2D eigenvalue weighted by Gasteiger charge is 2.33. The molecule has 150 valence electrons. The van der Waals surface area contributed by atoms with Gasteiger partial charge in [0.25, 0.3) is 0 Å². The van der Waals surface area contributed by atoms with Crippen LogP contribution in [0.25, 0.3) is 22.2 Å². The van der Waals surface area contributed by atoms with Gasteiger partial charge in [-0.05, 0) is 11.6 Å². The van der Waals surface area contributed by atoms with Crippen molar-refractivity contribution in [1.82, 2.24) is 24.5 Å². The molecule has 0 saturated heterocycles. The first-order chi connectivity index (χ1) is 13.7. The fourth-order valence-electron chi connectivity index (χ4n) is 3.46. The van der Waals surface area contributed by atoms with Crippen LogP contribution in [0.15, 0.2) is 41.5 Å². The minimum absolute atomic E-state index is 0.00338. The molecule has 1 unspecified atom stereocenters. The second-order valence-electron chi connectivity index (χ2n) is 6.80. The standard InChI is InChI=1S/C19H15F4N5O/c1-10(8-19(21,22)23)17-27-16-18(25-6-5-24-16)28(17)9-11-7-14(29)26-15-12(11)3-2-4-13(15)20/h2-7,10H,8-9H2,1H3,(H,26,29). The number of alkyl halides is 3. The molecule has 1 aromatic carbocycles. The first-order valence-electron chi connectivity index (χ1n) is 8.77. The maximum atomic E-state index is 14.1. The van der Waals surface area contributed by atoms with Crippen molar-refractivity contribution in [3.05, 3.63) is 64.2 Å².